The van der Waals surface area contributed by atoms with Gasteiger partial charge in [0.1, 0.15) is 10.0 Å². The van der Waals surface area contributed by atoms with Gasteiger partial charge in [0.2, 0.25) is 10.0 Å². The second-order valence-corrected chi connectivity index (χ2v) is 7.16. The van der Waals surface area contributed by atoms with E-state index in [9.17, 15) is 12.6 Å². The van der Waals surface area contributed by atoms with Gasteiger partial charge in [-0.25, -0.2) is 18.1 Å². The van der Waals surface area contributed by atoms with E-state index in [0.717, 1.165) is 0 Å². The smallest absolute Gasteiger partial charge is 0.242 e. The molecule has 2 atom stereocenters. The molecule has 96 valence electrons. The molecule has 1 N–H and O–H groups in total. The predicted molar refractivity (Wildman–Crippen MR) is 68.0 cm³/mol. The number of rotatable bonds is 5. The van der Waals surface area contributed by atoms with E-state index in [0.29, 0.717) is 0 Å². The molecule has 0 saturated carbocycles. The zero-order valence-corrected chi connectivity index (χ0v) is 11.8. The number of halogens is 1. The highest BCUT2D eigenvalue weighted by Gasteiger charge is 2.18. The average molecular weight is 297 g/mol. The maximum absolute atomic E-state index is 11.8. The van der Waals surface area contributed by atoms with Gasteiger partial charge in [0.15, 0.2) is 0 Å². The standard InChI is InChI=1S/C9H13ClN2O3S2/c1-7(6-16(2)13)12-17(14,15)8-3-4-9(10)11-5-8/h3-5,7,12H,6H2,1-2H3. The fourth-order valence-corrected chi connectivity index (χ4v) is 3.43. The van der Waals surface area contributed by atoms with Crippen LogP contribution in [0.25, 0.3) is 0 Å². The van der Waals surface area contributed by atoms with Gasteiger partial charge < -0.3 is 0 Å². The Bertz CT molecular complexity index is 501. The first-order valence-corrected chi connectivity index (χ1v) is 8.34. The van der Waals surface area contributed by atoms with Crippen molar-refractivity contribution in [3.8, 4) is 0 Å². The molecule has 0 saturated heterocycles. The lowest BCUT2D eigenvalue weighted by Crippen LogP contribution is -2.36. The summed E-state index contributed by atoms with van der Waals surface area (Å²) in [6.07, 6.45) is 2.70. The Morgan fingerprint density at radius 1 is 1.53 bits per heavy atom. The second-order valence-electron chi connectivity index (χ2n) is 3.58. The number of nitrogens with zero attached hydrogens (tertiary/aromatic N) is 1. The SMILES string of the molecule is CC(CS(C)=O)NS(=O)(=O)c1ccc(Cl)nc1. The number of hydrogen-bond donors (Lipinski definition) is 1. The molecule has 1 rings (SSSR count). The minimum atomic E-state index is -3.63. The van der Waals surface area contributed by atoms with Gasteiger partial charge in [0, 0.05) is 35.0 Å². The Labute approximate surface area is 108 Å². The minimum Gasteiger partial charge on any atom is -0.260 e. The van der Waals surface area contributed by atoms with E-state index >= 15 is 0 Å². The third kappa shape index (κ3) is 4.71. The van der Waals surface area contributed by atoms with Gasteiger partial charge in [0.05, 0.1) is 0 Å². The molecule has 0 aromatic carbocycles. The molecule has 0 fully saturated rings. The Kier molecular flexibility index (Phi) is 5.05. The lowest BCUT2D eigenvalue weighted by Gasteiger charge is -2.12. The predicted octanol–water partition coefficient (Wildman–Crippen LogP) is 0.780. The van der Waals surface area contributed by atoms with Gasteiger partial charge in [-0.1, -0.05) is 11.6 Å². The van der Waals surface area contributed by atoms with E-state index in [1.807, 2.05) is 0 Å². The quantitative estimate of drug-likeness (QED) is 0.815. The summed E-state index contributed by atoms with van der Waals surface area (Å²) in [6, 6.07) is 2.37. The fraction of sp³-hybridized carbons (Fsp3) is 0.444. The monoisotopic (exact) mass is 296 g/mol. The van der Waals surface area contributed by atoms with E-state index in [-0.39, 0.29) is 15.8 Å². The van der Waals surface area contributed by atoms with E-state index in [1.165, 1.54) is 24.6 Å². The van der Waals surface area contributed by atoms with Crippen LogP contribution in [0.2, 0.25) is 5.15 Å². The fourth-order valence-electron chi connectivity index (χ4n) is 1.24. The molecule has 17 heavy (non-hydrogen) atoms. The first-order valence-electron chi connectivity index (χ1n) is 4.75. The highest BCUT2D eigenvalue weighted by atomic mass is 35.5. The third-order valence-electron chi connectivity index (χ3n) is 1.85. The van der Waals surface area contributed by atoms with E-state index in [4.69, 9.17) is 11.6 Å². The highest BCUT2D eigenvalue weighted by molar-refractivity contribution is 7.89. The van der Waals surface area contributed by atoms with Crippen molar-refractivity contribution < 1.29 is 12.6 Å². The van der Waals surface area contributed by atoms with Crippen molar-refractivity contribution in [3.63, 3.8) is 0 Å². The number of sulfonamides is 1. The van der Waals surface area contributed by atoms with Crippen molar-refractivity contribution in [1.82, 2.24) is 9.71 Å². The third-order valence-corrected chi connectivity index (χ3v) is 4.62. The van der Waals surface area contributed by atoms with Crippen molar-refractivity contribution in [2.45, 2.75) is 17.9 Å². The first kappa shape index (κ1) is 14.6. The van der Waals surface area contributed by atoms with E-state index in [2.05, 4.69) is 9.71 Å². The summed E-state index contributed by atoms with van der Waals surface area (Å²) in [7, 11) is -4.68. The zero-order valence-electron chi connectivity index (χ0n) is 9.38. The lowest BCUT2D eigenvalue weighted by molar-refractivity contribution is 0.569. The van der Waals surface area contributed by atoms with Crippen LogP contribution in [0, 0.1) is 0 Å². The molecule has 0 spiro atoms. The summed E-state index contributed by atoms with van der Waals surface area (Å²) in [4.78, 5) is 3.74. The summed E-state index contributed by atoms with van der Waals surface area (Å²) in [5, 5.41) is 0.228. The van der Waals surface area contributed by atoms with Crippen molar-refractivity contribution in [1.29, 1.82) is 0 Å². The van der Waals surface area contributed by atoms with Crippen LogP contribution in [0.15, 0.2) is 23.2 Å². The zero-order chi connectivity index (χ0) is 13.1. The van der Waals surface area contributed by atoms with E-state index < -0.39 is 26.9 Å². The van der Waals surface area contributed by atoms with Crippen LogP contribution in [0.3, 0.4) is 0 Å². The van der Waals surface area contributed by atoms with Crippen LogP contribution in [0.4, 0.5) is 0 Å². The van der Waals surface area contributed by atoms with E-state index in [1.54, 1.807) is 6.92 Å². The molecule has 0 radical (unpaired) electrons. The Balaban J connectivity index is 2.82. The molecule has 8 heteroatoms. The van der Waals surface area contributed by atoms with Gasteiger partial charge in [-0.05, 0) is 19.1 Å². The summed E-state index contributed by atoms with van der Waals surface area (Å²) in [5.41, 5.74) is 0. The Morgan fingerprint density at radius 2 is 2.18 bits per heavy atom. The lowest BCUT2D eigenvalue weighted by atomic mass is 10.4. The Morgan fingerprint density at radius 3 is 2.65 bits per heavy atom. The topological polar surface area (TPSA) is 76.1 Å². The molecule has 0 amide bonds. The Hall–Kier alpha value is -0.500. The number of aromatic nitrogens is 1. The number of nitrogens with one attached hydrogen (secondary N) is 1. The normalized spacial score (nSPS) is 15.5. The van der Waals surface area contributed by atoms with Crippen LogP contribution in [0.1, 0.15) is 6.92 Å². The summed E-state index contributed by atoms with van der Waals surface area (Å²) in [5.74, 6) is 0.264. The maximum atomic E-state index is 11.8. The van der Waals surface area contributed by atoms with Crippen LogP contribution >= 0.6 is 11.6 Å². The molecular weight excluding hydrogens is 284 g/mol. The van der Waals surface area contributed by atoms with Gasteiger partial charge in [-0.15, -0.1) is 0 Å². The summed E-state index contributed by atoms with van der Waals surface area (Å²) >= 11 is 5.57. The summed E-state index contributed by atoms with van der Waals surface area (Å²) in [6.45, 7) is 1.66. The van der Waals surface area contributed by atoms with Gasteiger partial charge in [-0.3, -0.25) is 4.21 Å². The van der Waals surface area contributed by atoms with Crippen LogP contribution in [-0.4, -0.2) is 35.7 Å². The number of hydrogen-bond acceptors (Lipinski definition) is 4. The largest absolute Gasteiger partial charge is 0.260 e. The van der Waals surface area contributed by atoms with Gasteiger partial charge in [0.25, 0.3) is 0 Å². The molecule has 0 aliphatic rings. The molecule has 0 aliphatic carbocycles. The molecule has 1 heterocycles. The van der Waals surface area contributed by atoms with Crippen molar-refractivity contribution in [2.75, 3.05) is 12.0 Å². The average Bonchev–Trinajstić information content (AvgIpc) is 2.15. The molecule has 2 unspecified atom stereocenters. The molecule has 1 aromatic rings. The van der Waals surface area contributed by atoms with Crippen LogP contribution in [-0.2, 0) is 20.8 Å². The van der Waals surface area contributed by atoms with Gasteiger partial charge >= 0.3 is 0 Å². The minimum absolute atomic E-state index is 0.0376. The van der Waals surface area contributed by atoms with Crippen LogP contribution in [0.5, 0.6) is 0 Å². The number of pyridine rings is 1. The second kappa shape index (κ2) is 5.90. The van der Waals surface area contributed by atoms with Crippen molar-refractivity contribution in [2.24, 2.45) is 0 Å². The molecule has 1 aromatic heterocycles. The summed E-state index contributed by atoms with van der Waals surface area (Å²) < 4.78 is 37.1. The molecular formula is C9H13ClN2O3S2. The molecule has 0 aliphatic heterocycles. The van der Waals surface area contributed by atoms with Crippen molar-refractivity contribution in [3.05, 3.63) is 23.5 Å². The first-order chi connectivity index (χ1) is 7.81. The maximum Gasteiger partial charge on any atom is 0.242 e. The molecule has 5 nitrogen and oxygen atoms in total. The van der Waals surface area contributed by atoms with Crippen molar-refractivity contribution >= 4 is 32.4 Å². The van der Waals surface area contributed by atoms with Gasteiger partial charge in [-0.2, -0.15) is 0 Å². The van der Waals surface area contributed by atoms with Crippen LogP contribution < -0.4 is 4.72 Å². The highest BCUT2D eigenvalue weighted by Crippen LogP contribution is 2.11. The molecule has 0 bridgehead atoms.